The predicted molar refractivity (Wildman–Crippen MR) is 27.3 cm³/mol. The van der Waals surface area contributed by atoms with Crippen LogP contribution >= 0.6 is 0 Å². The Morgan fingerprint density at radius 3 is 2.22 bits per heavy atom. The molecule has 3 N–H and O–H groups in total. The molecule has 0 aromatic heterocycles. The first kappa shape index (κ1) is 6.03. The second-order valence-corrected chi connectivity index (χ2v) is 1.98. The molecular weight excluding hydrogens is 124 g/mol. The zero-order valence-electron chi connectivity index (χ0n) is 4.76. The minimum Gasteiger partial charge on any atom is -0.363 e. The first-order valence-electron chi connectivity index (χ1n) is 2.38. The summed E-state index contributed by atoms with van der Waals surface area (Å²) in [5, 5.41) is 12.8. The Kier molecular flexibility index (Phi) is 0.967. The van der Waals surface area contributed by atoms with Gasteiger partial charge in [0.2, 0.25) is 5.72 Å². The van der Waals surface area contributed by atoms with Crippen molar-refractivity contribution in [2.75, 3.05) is 0 Å². The SMILES string of the molecule is C[C@@]1(O)NC(=O)NC1=O. The summed E-state index contributed by atoms with van der Waals surface area (Å²) >= 11 is 0. The highest BCUT2D eigenvalue weighted by Gasteiger charge is 2.39. The van der Waals surface area contributed by atoms with Crippen molar-refractivity contribution in [3.63, 3.8) is 0 Å². The van der Waals surface area contributed by atoms with Crippen LogP contribution in [0.1, 0.15) is 6.92 Å². The summed E-state index contributed by atoms with van der Waals surface area (Å²) in [6, 6.07) is -0.662. The highest BCUT2D eigenvalue weighted by Crippen LogP contribution is 2.02. The van der Waals surface area contributed by atoms with E-state index in [4.69, 9.17) is 5.11 Å². The monoisotopic (exact) mass is 130 g/mol. The molecule has 3 amide bonds. The molecule has 0 radical (unpaired) electrons. The summed E-state index contributed by atoms with van der Waals surface area (Å²) in [7, 11) is 0. The van der Waals surface area contributed by atoms with Crippen molar-refractivity contribution in [2.45, 2.75) is 12.6 Å². The first-order valence-corrected chi connectivity index (χ1v) is 2.38. The van der Waals surface area contributed by atoms with Crippen LogP contribution in [0.25, 0.3) is 0 Å². The van der Waals surface area contributed by atoms with Gasteiger partial charge in [-0.25, -0.2) is 4.79 Å². The van der Waals surface area contributed by atoms with Gasteiger partial charge in [-0.3, -0.25) is 10.1 Å². The van der Waals surface area contributed by atoms with E-state index in [1.807, 2.05) is 10.6 Å². The van der Waals surface area contributed by atoms with Crippen molar-refractivity contribution in [2.24, 2.45) is 0 Å². The van der Waals surface area contributed by atoms with Crippen molar-refractivity contribution in [3.05, 3.63) is 0 Å². The van der Waals surface area contributed by atoms with Crippen LogP contribution in [0.3, 0.4) is 0 Å². The van der Waals surface area contributed by atoms with E-state index >= 15 is 0 Å². The summed E-state index contributed by atoms with van der Waals surface area (Å²) in [6.45, 7) is 1.20. The third kappa shape index (κ3) is 0.857. The first-order chi connectivity index (χ1) is 4.02. The molecule has 0 unspecified atom stereocenters. The molecule has 1 fully saturated rings. The lowest BCUT2D eigenvalue weighted by Gasteiger charge is -2.09. The lowest BCUT2D eigenvalue weighted by molar-refractivity contribution is -0.134. The highest BCUT2D eigenvalue weighted by atomic mass is 16.3. The number of hydrogen-bond acceptors (Lipinski definition) is 3. The molecule has 1 rings (SSSR count). The molecule has 0 aromatic carbocycles. The van der Waals surface area contributed by atoms with E-state index in [0.29, 0.717) is 0 Å². The largest absolute Gasteiger partial charge is 0.363 e. The van der Waals surface area contributed by atoms with Gasteiger partial charge in [0.1, 0.15) is 0 Å². The van der Waals surface area contributed by atoms with Gasteiger partial charge in [0.05, 0.1) is 0 Å². The molecule has 1 aliphatic heterocycles. The lowest BCUT2D eigenvalue weighted by atomic mass is 10.3. The molecule has 1 heterocycles. The van der Waals surface area contributed by atoms with E-state index < -0.39 is 17.7 Å². The quantitative estimate of drug-likeness (QED) is 0.350. The second-order valence-electron chi connectivity index (χ2n) is 1.98. The van der Waals surface area contributed by atoms with Crippen LogP contribution in [0.4, 0.5) is 4.79 Å². The normalized spacial score (nSPS) is 34.0. The van der Waals surface area contributed by atoms with Crippen molar-refractivity contribution >= 4 is 11.9 Å². The Morgan fingerprint density at radius 1 is 1.56 bits per heavy atom. The Balaban J connectivity index is 2.81. The molecule has 1 saturated heterocycles. The van der Waals surface area contributed by atoms with Crippen LogP contribution in [-0.4, -0.2) is 22.8 Å². The molecule has 1 aliphatic rings. The summed E-state index contributed by atoms with van der Waals surface area (Å²) in [5.41, 5.74) is -1.73. The summed E-state index contributed by atoms with van der Waals surface area (Å²) in [6.07, 6.45) is 0. The van der Waals surface area contributed by atoms with Gasteiger partial charge in [0, 0.05) is 0 Å². The molecule has 5 heteroatoms. The van der Waals surface area contributed by atoms with Gasteiger partial charge in [0.15, 0.2) is 0 Å². The van der Waals surface area contributed by atoms with Crippen LogP contribution in [-0.2, 0) is 4.79 Å². The third-order valence-electron chi connectivity index (χ3n) is 1.03. The van der Waals surface area contributed by atoms with Gasteiger partial charge in [-0.2, -0.15) is 0 Å². The molecular formula is C4H6N2O3. The number of nitrogens with one attached hydrogen (secondary N) is 2. The fraction of sp³-hybridized carbons (Fsp3) is 0.500. The molecule has 0 bridgehead atoms. The van der Waals surface area contributed by atoms with Crippen LogP contribution in [0, 0.1) is 0 Å². The molecule has 0 spiro atoms. The minimum absolute atomic E-state index is 0.662. The summed E-state index contributed by atoms with van der Waals surface area (Å²) < 4.78 is 0. The zero-order chi connectivity index (χ0) is 7.07. The Hall–Kier alpha value is -1.10. The van der Waals surface area contributed by atoms with E-state index in [1.54, 1.807) is 0 Å². The van der Waals surface area contributed by atoms with E-state index in [9.17, 15) is 9.59 Å². The average molecular weight is 130 g/mol. The van der Waals surface area contributed by atoms with E-state index in [0.717, 1.165) is 0 Å². The minimum atomic E-state index is -1.73. The number of imide groups is 1. The van der Waals surface area contributed by atoms with Crippen molar-refractivity contribution < 1.29 is 14.7 Å². The second kappa shape index (κ2) is 1.44. The van der Waals surface area contributed by atoms with Crippen molar-refractivity contribution in [1.29, 1.82) is 0 Å². The van der Waals surface area contributed by atoms with Crippen LogP contribution in [0.2, 0.25) is 0 Å². The van der Waals surface area contributed by atoms with Crippen LogP contribution in [0.15, 0.2) is 0 Å². The average Bonchev–Trinajstić information content (AvgIpc) is 1.79. The van der Waals surface area contributed by atoms with E-state index in [2.05, 4.69) is 0 Å². The Bertz CT molecular complexity index is 175. The number of carbonyl (C=O) groups excluding carboxylic acids is 2. The predicted octanol–water partition coefficient (Wildman–Crippen LogP) is -1.47. The standard InChI is InChI=1S/C4H6N2O3/c1-4(9)2(7)5-3(8)6-4/h9H,1H3,(H2,5,6,7,8)/t4-/m0/s1. The fourth-order valence-electron chi connectivity index (χ4n) is 0.534. The summed E-state index contributed by atoms with van der Waals surface area (Å²) in [5.74, 6) is -0.715. The number of amides is 3. The number of carbonyl (C=O) groups is 2. The molecule has 0 aliphatic carbocycles. The number of urea groups is 1. The topological polar surface area (TPSA) is 78.4 Å². The maximum absolute atomic E-state index is 10.5. The maximum Gasteiger partial charge on any atom is 0.324 e. The Labute approximate surface area is 51.0 Å². The van der Waals surface area contributed by atoms with Gasteiger partial charge in [-0.1, -0.05) is 0 Å². The summed E-state index contributed by atoms with van der Waals surface area (Å²) in [4.78, 5) is 20.7. The van der Waals surface area contributed by atoms with Crippen LogP contribution < -0.4 is 10.6 Å². The van der Waals surface area contributed by atoms with Gasteiger partial charge in [-0.15, -0.1) is 0 Å². The molecule has 0 saturated carbocycles. The smallest absolute Gasteiger partial charge is 0.324 e. The lowest BCUT2D eigenvalue weighted by Crippen LogP contribution is -2.43. The van der Waals surface area contributed by atoms with Gasteiger partial charge in [-0.05, 0) is 6.92 Å². The third-order valence-corrected chi connectivity index (χ3v) is 1.03. The maximum atomic E-state index is 10.5. The van der Waals surface area contributed by atoms with Gasteiger partial charge in [0.25, 0.3) is 5.91 Å². The van der Waals surface area contributed by atoms with Crippen molar-refractivity contribution in [1.82, 2.24) is 10.6 Å². The molecule has 50 valence electrons. The van der Waals surface area contributed by atoms with Crippen LogP contribution in [0.5, 0.6) is 0 Å². The number of aliphatic hydroxyl groups is 1. The van der Waals surface area contributed by atoms with Crippen molar-refractivity contribution in [3.8, 4) is 0 Å². The van der Waals surface area contributed by atoms with Gasteiger partial charge >= 0.3 is 6.03 Å². The van der Waals surface area contributed by atoms with Gasteiger partial charge < -0.3 is 10.4 Å². The molecule has 0 aromatic rings. The molecule has 9 heavy (non-hydrogen) atoms. The molecule has 5 nitrogen and oxygen atoms in total. The highest BCUT2D eigenvalue weighted by molar-refractivity contribution is 6.05. The Morgan fingerprint density at radius 2 is 2.11 bits per heavy atom. The molecule has 1 atom stereocenters. The zero-order valence-corrected chi connectivity index (χ0v) is 4.76. The number of rotatable bonds is 0. The fourth-order valence-corrected chi connectivity index (χ4v) is 0.534. The number of hydrogen-bond donors (Lipinski definition) is 3. The van der Waals surface area contributed by atoms with E-state index in [1.165, 1.54) is 6.92 Å². The van der Waals surface area contributed by atoms with E-state index in [-0.39, 0.29) is 0 Å².